The monoisotopic (exact) mass is 381 g/mol. The lowest BCUT2D eigenvalue weighted by molar-refractivity contribution is -0.121. The molecule has 6 heteroatoms. The molecule has 0 unspecified atom stereocenters. The minimum atomic E-state index is -0.321. The van der Waals surface area contributed by atoms with Crippen molar-refractivity contribution in [2.75, 3.05) is 0 Å². The molecule has 2 rings (SSSR count). The molecule has 0 aliphatic heterocycles. The zero-order valence-corrected chi connectivity index (χ0v) is 14.8. The molecule has 0 saturated heterocycles. The van der Waals surface area contributed by atoms with E-state index >= 15 is 0 Å². The summed E-state index contributed by atoms with van der Waals surface area (Å²) in [5.74, 6) is -0.166. The summed E-state index contributed by atoms with van der Waals surface area (Å²) < 4.78 is 1.05. The first-order valence-corrected chi connectivity index (χ1v) is 9.02. The molecule has 0 bridgehead atoms. The second-order valence-electron chi connectivity index (χ2n) is 5.96. The average molecular weight is 382 g/mol. The number of hydrogen-bond acceptors (Lipinski definition) is 2. The number of hydrogen-bond donors (Lipinski definition) is 3. The maximum atomic E-state index is 11.7. The number of carbonyl (C=O) groups excluding carboxylic acids is 2. The van der Waals surface area contributed by atoms with Gasteiger partial charge in [0.2, 0.25) is 5.91 Å². The molecule has 0 aromatic heterocycles. The Bertz CT molecular complexity index is 513. The summed E-state index contributed by atoms with van der Waals surface area (Å²) in [6.45, 7) is 0. The number of nitrogens with one attached hydrogen (secondary N) is 3. The van der Waals surface area contributed by atoms with E-state index in [1.54, 1.807) is 0 Å². The quantitative estimate of drug-likeness (QED) is 0.683. The fourth-order valence-corrected chi connectivity index (χ4v) is 3.03. The van der Waals surface area contributed by atoms with Gasteiger partial charge in [-0.3, -0.25) is 10.2 Å². The molecule has 5 nitrogen and oxygen atoms in total. The van der Waals surface area contributed by atoms with Crippen molar-refractivity contribution in [1.29, 1.82) is 0 Å². The van der Waals surface area contributed by atoms with Gasteiger partial charge in [0.25, 0.3) is 0 Å². The summed E-state index contributed by atoms with van der Waals surface area (Å²) >= 11 is 3.40. The third-order valence-corrected chi connectivity index (χ3v) is 4.57. The van der Waals surface area contributed by atoms with Crippen LogP contribution < -0.4 is 16.2 Å². The van der Waals surface area contributed by atoms with Gasteiger partial charge in [-0.15, -0.1) is 0 Å². The zero-order valence-electron chi connectivity index (χ0n) is 13.2. The fourth-order valence-electron chi connectivity index (χ4n) is 2.76. The van der Waals surface area contributed by atoms with Crippen molar-refractivity contribution in [3.8, 4) is 0 Å². The van der Waals surface area contributed by atoms with Gasteiger partial charge >= 0.3 is 6.03 Å². The Morgan fingerprint density at radius 2 is 1.74 bits per heavy atom. The number of aryl methyl sites for hydroxylation is 1. The minimum absolute atomic E-state index is 0.166. The Hall–Kier alpha value is -1.56. The van der Waals surface area contributed by atoms with E-state index < -0.39 is 0 Å². The Morgan fingerprint density at radius 1 is 1.04 bits per heavy atom. The van der Waals surface area contributed by atoms with Crippen molar-refractivity contribution >= 4 is 27.9 Å². The lowest BCUT2D eigenvalue weighted by atomic mass is 9.96. The van der Waals surface area contributed by atoms with Crippen molar-refractivity contribution in [2.45, 2.75) is 57.4 Å². The van der Waals surface area contributed by atoms with Crippen molar-refractivity contribution in [3.05, 3.63) is 34.3 Å². The Morgan fingerprint density at radius 3 is 2.43 bits per heavy atom. The number of carbonyl (C=O) groups is 2. The van der Waals surface area contributed by atoms with Crippen LogP contribution in [0.25, 0.3) is 0 Å². The highest BCUT2D eigenvalue weighted by molar-refractivity contribution is 9.10. The molecule has 1 saturated carbocycles. The molecule has 0 heterocycles. The summed E-state index contributed by atoms with van der Waals surface area (Å²) in [5, 5.41) is 2.89. The van der Waals surface area contributed by atoms with E-state index in [9.17, 15) is 9.59 Å². The molecule has 1 fully saturated rings. The van der Waals surface area contributed by atoms with Crippen LogP contribution in [0.2, 0.25) is 0 Å². The number of rotatable bonds is 5. The van der Waals surface area contributed by atoms with Gasteiger partial charge in [-0.25, -0.2) is 10.2 Å². The molecule has 0 atom stereocenters. The third-order valence-electron chi connectivity index (χ3n) is 4.04. The predicted octanol–water partition coefficient (Wildman–Crippen LogP) is 3.43. The molecule has 23 heavy (non-hydrogen) atoms. The number of benzene rings is 1. The highest BCUT2D eigenvalue weighted by Gasteiger charge is 2.15. The van der Waals surface area contributed by atoms with Gasteiger partial charge in [-0.1, -0.05) is 47.3 Å². The predicted molar refractivity (Wildman–Crippen MR) is 93.8 cm³/mol. The highest BCUT2D eigenvalue weighted by atomic mass is 79.9. The van der Waals surface area contributed by atoms with Gasteiger partial charge < -0.3 is 5.32 Å². The third kappa shape index (κ3) is 7.03. The van der Waals surface area contributed by atoms with Gasteiger partial charge in [0.05, 0.1) is 0 Å². The minimum Gasteiger partial charge on any atom is -0.334 e. The van der Waals surface area contributed by atoms with E-state index in [2.05, 4.69) is 32.1 Å². The van der Waals surface area contributed by atoms with Crippen LogP contribution in [0.3, 0.4) is 0 Å². The van der Waals surface area contributed by atoms with E-state index in [1.165, 1.54) is 12.0 Å². The smallest absolute Gasteiger partial charge is 0.333 e. The van der Waals surface area contributed by atoms with Crippen LogP contribution in [0.1, 0.15) is 50.5 Å². The van der Waals surface area contributed by atoms with E-state index in [-0.39, 0.29) is 18.0 Å². The number of halogens is 1. The van der Waals surface area contributed by atoms with Gasteiger partial charge in [0.1, 0.15) is 0 Å². The molecule has 0 spiro atoms. The molecule has 126 valence electrons. The molecular weight excluding hydrogens is 358 g/mol. The molecular formula is C17H24BrN3O2. The average Bonchev–Trinajstić information content (AvgIpc) is 2.56. The Labute approximate surface area is 145 Å². The van der Waals surface area contributed by atoms with Crippen LogP contribution in [0.4, 0.5) is 4.79 Å². The molecule has 3 amide bonds. The van der Waals surface area contributed by atoms with Crippen molar-refractivity contribution in [1.82, 2.24) is 16.2 Å². The second-order valence-corrected chi connectivity index (χ2v) is 6.88. The van der Waals surface area contributed by atoms with E-state index in [4.69, 9.17) is 0 Å². The molecule has 1 aliphatic carbocycles. The number of urea groups is 1. The summed E-state index contributed by atoms with van der Waals surface area (Å²) in [7, 11) is 0. The number of amides is 3. The van der Waals surface area contributed by atoms with E-state index in [0.717, 1.165) is 43.0 Å². The van der Waals surface area contributed by atoms with Crippen molar-refractivity contribution in [3.63, 3.8) is 0 Å². The van der Waals surface area contributed by atoms with Gasteiger partial charge in [-0.05, 0) is 43.4 Å². The number of hydrazine groups is 1. The van der Waals surface area contributed by atoms with Crippen LogP contribution in [0.5, 0.6) is 0 Å². The van der Waals surface area contributed by atoms with E-state index in [1.807, 2.05) is 24.3 Å². The molecule has 1 aromatic rings. The van der Waals surface area contributed by atoms with Crippen LogP contribution >= 0.6 is 15.9 Å². The van der Waals surface area contributed by atoms with Crippen molar-refractivity contribution < 1.29 is 9.59 Å². The first kappa shape index (κ1) is 17.8. The fraction of sp³-hybridized carbons (Fsp3) is 0.529. The molecule has 0 radical (unpaired) electrons. The van der Waals surface area contributed by atoms with Crippen LogP contribution in [-0.4, -0.2) is 18.0 Å². The topological polar surface area (TPSA) is 70.2 Å². The zero-order chi connectivity index (χ0) is 16.5. The maximum absolute atomic E-state index is 11.7. The van der Waals surface area contributed by atoms with E-state index in [0.29, 0.717) is 6.42 Å². The standard InChI is InChI=1S/C17H24BrN3O2/c18-14-11-9-13(10-12-14)5-4-8-16(22)20-21-17(23)19-15-6-2-1-3-7-15/h9-12,15H,1-8H2,(H,20,22)(H2,19,21,23). The summed E-state index contributed by atoms with van der Waals surface area (Å²) in [5.41, 5.74) is 6.09. The highest BCUT2D eigenvalue weighted by Crippen LogP contribution is 2.17. The maximum Gasteiger partial charge on any atom is 0.333 e. The molecule has 3 N–H and O–H groups in total. The van der Waals surface area contributed by atoms with Gasteiger partial charge in [-0.2, -0.15) is 0 Å². The van der Waals surface area contributed by atoms with Crippen molar-refractivity contribution in [2.24, 2.45) is 0 Å². The lowest BCUT2D eigenvalue weighted by Gasteiger charge is -2.22. The van der Waals surface area contributed by atoms with Gasteiger partial charge in [0, 0.05) is 16.9 Å². The van der Waals surface area contributed by atoms with Gasteiger partial charge in [0.15, 0.2) is 0 Å². The first-order chi connectivity index (χ1) is 11.1. The Balaban J connectivity index is 1.57. The summed E-state index contributed by atoms with van der Waals surface area (Å²) in [4.78, 5) is 23.4. The summed E-state index contributed by atoms with van der Waals surface area (Å²) in [6.07, 6.45) is 7.59. The van der Waals surface area contributed by atoms with Crippen LogP contribution in [-0.2, 0) is 11.2 Å². The molecule has 1 aliphatic rings. The Kier molecular flexibility index (Phi) is 7.39. The SMILES string of the molecule is O=C(CCCc1ccc(Br)cc1)NNC(=O)NC1CCCCC1. The lowest BCUT2D eigenvalue weighted by Crippen LogP contribution is -2.50. The second kappa shape index (κ2) is 9.55. The largest absolute Gasteiger partial charge is 0.334 e. The molecule has 1 aromatic carbocycles. The van der Waals surface area contributed by atoms with Crippen LogP contribution in [0.15, 0.2) is 28.7 Å². The normalized spacial score (nSPS) is 15.0. The first-order valence-electron chi connectivity index (χ1n) is 8.23. The summed E-state index contributed by atoms with van der Waals surface area (Å²) in [6, 6.07) is 7.98. The van der Waals surface area contributed by atoms with Crippen LogP contribution in [0, 0.1) is 0 Å².